The maximum atomic E-state index is 10.3. The summed E-state index contributed by atoms with van der Waals surface area (Å²) in [5.41, 5.74) is 0. The van der Waals surface area contributed by atoms with Gasteiger partial charge in [-0.15, -0.1) is 0 Å². The van der Waals surface area contributed by atoms with Crippen LogP contribution in [-0.2, 0) is 9.59 Å². The number of carbonyl (C=O) groups is 2. The molecule has 0 unspecified atom stereocenters. The van der Waals surface area contributed by atoms with Crippen LogP contribution in [0.15, 0.2) is 0 Å². The molecule has 0 aromatic rings. The summed E-state index contributed by atoms with van der Waals surface area (Å²) in [5.74, 6) is -1.85. The lowest BCUT2D eigenvalue weighted by atomic mass is 10.2. The van der Waals surface area contributed by atoms with Gasteiger partial charge in [0, 0.05) is 0 Å². The normalized spacial score (nSPS) is 30.2. The van der Waals surface area contributed by atoms with Crippen LogP contribution in [0.4, 0.5) is 0 Å². The lowest BCUT2D eigenvalue weighted by Gasteiger charge is -1.98. The van der Waals surface area contributed by atoms with Crippen molar-refractivity contribution in [3.05, 3.63) is 0 Å². The number of aliphatic carboxylic acids is 2. The Morgan fingerprint density at radius 2 is 1.45 bits per heavy atom. The van der Waals surface area contributed by atoms with E-state index in [9.17, 15) is 9.59 Å². The monoisotopic (exact) mass is 194 g/mol. The minimum atomic E-state index is -0.925. The number of carboxylic acids is 2. The topological polar surface area (TPSA) is 74.6 Å². The van der Waals surface area contributed by atoms with E-state index in [2.05, 4.69) is 0 Å². The fraction of sp³-hybridized carbons (Fsp3) is 0.600. The standard InChI is InChI=1S/C5H6O4S2/c6-4(7)2-1-3(5(8)9)11-10-2/h2-3H,1H2,(H,6,7)(H,8,9)/t2-,3-/m0/s1. The molecule has 0 spiro atoms. The first-order chi connectivity index (χ1) is 5.11. The van der Waals surface area contributed by atoms with Gasteiger partial charge in [0.15, 0.2) is 0 Å². The maximum absolute atomic E-state index is 10.3. The van der Waals surface area contributed by atoms with E-state index >= 15 is 0 Å². The third-order valence-corrected chi connectivity index (χ3v) is 4.36. The van der Waals surface area contributed by atoms with Crippen molar-refractivity contribution in [2.45, 2.75) is 16.9 Å². The van der Waals surface area contributed by atoms with E-state index in [0.29, 0.717) is 0 Å². The van der Waals surface area contributed by atoms with Crippen LogP contribution < -0.4 is 0 Å². The van der Waals surface area contributed by atoms with Gasteiger partial charge in [0.05, 0.1) is 0 Å². The summed E-state index contributed by atoms with van der Waals surface area (Å²) >= 11 is 0. The summed E-state index contributed by atoms with van der Waals surface area (Å²) in [6.07, 6.45) is 0.222. The fourth-order valence-electron chi connectivity index (χ4n) is 0.691. The van der Waals surface area contributed by atoms with Crippen LogP contribution in [0.3, 0.4) is 0 Å². The van der Waals surface area contributed by atoms with Gasteiger partial charge in [0.25, 0.3) is 0 Å². The summed E-state index contributed by atoms with van der Waals surface area (Å²) in [4.78, 5) is 20.7. The fourth-order valence-corrected chi connectivity index (χ4v) is 3.56. The molecule has 0 aliphatic carbocycles. The van der Waals surface area contributed by atoms with Gasteiger partial charge in [-0.2, -0.15) is 0 Å². The molecule has 0 aromatic carbocycles. The molecule has 1 saturated heterocycles. The molecule has 0 saturated carbocycles. The molecule has 1 heterocycles. The first-order valence-corrected chi connectivity index (χ1v) is 5.16. The van der Waals surface area contributed by atoms with E-state index in [4.69, 9.17) is 10.2 Å². The third kappa shape index (κ3) is 2.03. The van der Waals surface area contributed by atoms with E-state index in [1.54, 1.807) is 0 Å². The predicted octanol–water partition coefficient (Wildman–Crippen LogP) is 0.678. The highest BCUT2D eigenvalue weighted by Crippen LogP contribution is 2.43. The molecular weight excluding hydrogens is 188 g/mol. The Labute approximate surface area is 70.8 Å². The Kier molecular flexibility index (Phi) is 2.67. The van der Waals surface area contributed by atoms with E-state index in [1.807, 2.05) is 0 Å². The predicted molar refractivity (Wildman–Crippen MR) is 42.6 cm³/mol. The first kappa shape index (κ1) is 8.73. The quantitative estimate of drug-likeness (QED) is 0.629. The molecule has 0 bridgehead atoms. The van der Waals surface area contributed by atoms with E-state index in [-0.39, 0.29) is 6.42 Å². The van der Waals surface area contributed by atoms with Crippen molar-refractivity contribution < 1.29 is 19.8 Å². The zero-order valence-electron chi connectivity index (χ0n) is 5.39. The Morgan fingerprint density at radius 1 is 1.09 bits per heavy atom. The summed E-state index contributed by atoms with van der Waals surface area (Å²) in [6.45, 7) is 0. The van der Waals surface area contributed by atoms with Gasteiger partial charge in [-0.1, -0.05) is 21.6 Å². The van der Waals surface area contributed by atoms with Crippen LogP contribution in [0.1, 0.15) is 6.42 Å². The molecule has 2 atom stereocenters. The average molecular weight is 194 g/mol. The molecule has 1 aliphatic heterocycles. The number of hydrogen-bond donors (Lipinski definition) is 2. The van der Waals surface area contributed by atoms with Crippen molar-refractivity contribution in [3.63, 3.8) is 0 Å². The van der Waals surface area contributed by atoms with Crippen molar-refractivity contribution in [1.29, 1.82) is 0 Å². The molecule has 0 radical (unpaired) electrons. The molecule has 6 heteroatoms. The minimum absolute atomic E-state index is 0.222. The van der Waals surface area contributed by atoms with Crippen LogP contribution in [0.5, 0.6) is 0 Å². The van der Waals surface area contributed by atoms with E-state index < -0.39 is 22.4 Å². The smallest absolute Gasteiger partial charge is 0.317 e. The molecule has 4 nitrogen and oxygen atoms in total. The van der Waals surface area contributed by atoms with Crippen LogP contribution >= 0.6 is 21.6 Å². The van der Waals surface area contributed by atoms with Crippen LogP contribution in [0.25, 0.3) is 0 Å². The first-order valence-electron chi connectivity index (χ1n) is 2.89. The zero-order valence-corrected chi connectivity index (χ0v) is 7.02. The van der Waals surface area contributed by atoms with Crippen molar-refractivity contribution >= 4 is 33.5 Å². The van der Waals surface area contributed by atoms with Crippen LogP contribution in [0.2, 0.25) is 0 Å². The molecule has 0 amide bonds. The molecule has 2 N–H and O–H groups in total. The second-order valence-corrected chi connectivity index (χ2v) is 4.76. The van der Waals surface area contributed by atoms with Crippen molar-refractivity contribution in [3.8, 4) is 0 Å². The summed E-state index contributed by atoms with van der Waals surface area (Å²) in [6, 6.07) is 0. The lowest BCUT2D eigenvalue weighted by Crippen LogP contribution is -2.19. The second-order valence-electron chi connectivity index (χ2n) is 2.08. The minimum Gasteiger partial charge on any atom is -0.480 e. The molecule has 0 aromatic heterocycles. The molecule has 62 valence electrons. The molecular formula is C5H6O4S2. The van der Waals surface area contributed by atoms with Gasteiger partial charge in [-0.05, 0) is 6.42 Å². The maximum Gasteiger partial charge on any atom is 0.317 e. The van der Waals surface area contributed by atoms with Crippen LogP contribution in [0, 0.1) is 0 Å². The highest BCUT2D eigenvalue weighted by Gasteiger charge is 2.35. The Hall–Kier alpha value is -0.360. The van der Waals surface area contributed by atoms with E-state index in [1.165, 1.54) is 0 Å². The molecule has 11 heavy (non-hydrogen) atoms. The number of hydrogen-bond acceptors (Lipinski definition) is 4. The highest BCUT2D eigenvalue weighted by molar-refractivity contribution is 8.78. The van der Waals surface area contributed by atoms with Gasteiger partial charge < -0.3 is 10.2 Å². The average Bonchev–Trinajstić information content (AvgIpc) is 2.33. The molecule has 1 rings (SSSR count). The lowest BCUT2D eigenvalue weighted by molar-refractivity contribution is -0.137. The number of carboxylic acid groups (broad SMARTS) is 2. The Bertz CT molecular complexity index is 173. The van der Waals surface area contributed by atoms with Crippen molar-refractivity contribution in [1.82, 2.24) is 0 Å². The SMILES string of the molecule is O=C(O)[C@@H]1C[C@@H](C(=O)O)SS1. The summed E-state index contributed by atoms with van der Waals surface area (Å²) in [5, 5.41) is 15.9. The molecule has 1 fully saturated rings. The van der Waals surface area contributed by atoms with Crippen LogP contribution in [-0.4, -0.2) is 32.7 Å². The number of rotatable bonds is 2. The largest absolute Gasteiger partial charge is 0.480 e. The Morgan fingerprint density at radius 3 is 1.64 bits per heavy atom. The van der Waals surface area contributed by atoms with Gasteiger partial charge in [-0.3, -0.25) is 9.59 Å². The highest BCUT2D eigenvalue weighted by atomic mass is 33.1. The summed E-state index contributed by atoms with van der Waals surface area (Å²) < 4.78 is 0. The van der Waals surface area contributed by atoms with Crippen molar-refractivity contribution in [2.75, 3.05) is 0 Å². The van der Waals surface area contributed by atoms with Gasteiger partial charge in [0.1, 0.15) is 10.5 Å². The Balaban J connectivity index is 2.47. The second kappa shape index (κ2) is 3.36. The van der Waals surface area contributed by atoms with E-state index in [0.717, 1.165) is 21.6 Å². The zero-order chi connectivity index (χ0) is 8.43. The molecule has 1 aliphatic rings. The van der Waals surface area contributed by atoms with Gasteiger partial charge in [0.2, 0.25) is 0 Å². The van der Waals surface area contributed by atoms with Gasteiger partial charge in [-0.25, -0.2) is 0 Å². The summed E-state index contributed by atoms with van der Waals surface area (Å²) in [7, 11) is 2.25. The third-order valence-electron chi connectivity index (χ3n) is 1.27. The van der Waals surface area contributed by atoms with Gasteiger partial charge >= 0.3 is 11.9 Å². The van der Waals surface area contributed by atoms with Crippen molar-refractivity contribution in [2.24, 2.45) is 0 Å².